The lowest BCUT2D eigenvalue weighted by molar-refractivity contribution is -0.118. The van der Waals surface area contributed by atoms with Crippen molar-refractivity contribution in [2.45, 2.75) is 23.5 Å². The molecule has 4 nitrogen and oxygen atoms in total. The molecule has 1 aliphatic carbocycles. The molecule has 0 aromatic carbocycles. The van der Waals surface area contributed by atoms with Gasteiger partial charge >= 0.3 is 0 Å². The molecule has 0 atom stereocenters. The number of fused-ring (bicyclic) bond motifs is 1. The van der Waals surface area contributed by atoms with Crippen LogP contribution >= 0.6 is 11.3 Å². The number of hydrogen-bond acceptors (Lipinski definition) is 4. The van der Waals surface area contributed by atoms with Crippen molar-refractivity contribution in [3.05, 3.63) is 29.7 Å². The van der Waals surface area contributed by atoms with Crippen LogP contribution in [0.4, 0.5) is 0 Å². The lowest BCUT2D eigenvalue weighted by Gasteiger charge is -2.07. The van der Waals surface area contributed by atoms with Gasteiger partial charge in [0.15, 0.2) is 0 Å². The van der Waals surface area contributed by atoms with E-state index in [1.54, 1.807) is 0 Å². The molecule has 2 rings (SSSR count). The van der Waals surface area contributed by atoms with E-state index < -0.39 is 10.0 Å². The summed E-state index contributed by atoms with van der Waals surface area (Å²) in [6.07, 6.45) is 1.51. The monoisotopic (exact) mass is 259 g/mol. The Kier molecular flexibility index (Phi) is 4.01. The quantitative estimate of drug-likeness (QED) is 0.771. The van der Waals surface area contributed by atoms with Crippen LogP contribution in [-0.2, 0) is 27.7 Å². The second-order valence-electron chi connectivity index (χ2n) is 3.27. The molecular formula is C10H13NO3S2. The fraction of sp³-hybridized carbons (Fsp3) is 0.300. The Labute approximate surface area is 98.8 Å². The number of carbonyl (C=O) groups is 1. The molecule has 0 radical (unpaired) electrons. The number of hydrogen-bond donors (Lipinski definition) is 1. The number of carbonyl (C=O) groups excluding carboxylic acids is 1. The molecule has 0 unspecified atom stereocenters. The summed E-state index contributed by atoms with van der Waals surface area (Å²) in [5.74, 6) is 0.163. The van der Waals surface area contributed by atoms with E-state index in [-0.39, 0.29) is 9.99 Å². The molecule has 1 heterocycles. The first-order valence-corrected chi connectivity index (χ1v) is 6.99. The van der Waals surface area contributed by atoms with Gasteiger partial charge in [-0.3, -0.25) is 4.79 Å². The van der Waals surface area contributed by atoms with Crippen LogP contribution < -0.4 is 5.14 Å². The molecule has 1 aromatic heterocycles. The van der Waals surface area contributed by atoms with Gasteiger partial charge in [0.1, 0.15) is 9.99 Å². The number of nitrogens with two attached hydrogens (primary N) is 1. The van der Waals surface area contributed by atoms with Gasteiger partial charge in [-0.05, 0) is 18.1 Å². The normalized spacial score (nSPS) is 14.9. The fourth-order valence-electron chi connectivity index (χ4n) is 1.49. The minimum absolute atomic E-state index is 0.163. The molecular weight excluding hydrogens is 246 g/mol. The third kappa shape index (κ3) is 2.78. The summed E-state index contributed by atoms with van der Waals surface area (Å²) < 4.78 is 22.2. The van der Waals surface area contributed by atoms with Gasteiger partial charge in [0.05, 0.1) is 0 Å². The third-order valence-corrected chi connectivity index (χ3v) is 4.83. The summed E-state index contributed by atoms with van der Waals surface area (Å²) >= 11 is 1.18. The maximum atomic E-state index is 11.1. The molecule has 0 fully saturated rings. The predicted molar refractivity (Wildman–Crippen MR) is 64.0 cm³/mol. The van der Waals surface area contributed by atoms with E-state index in [1.807, 2.05) is 0 Å². The van der Waals surface area contributed by atoms with Crippen molar-refractivity contribution in [3.8, 4) is 0 Å². The predicted octanol–water partition coefficient (Wildman–Crippen LogP) is 1.26. The first-order chi connectivity index (χ1) is 7.47. The van der Waals surface area contributed by atoms with Gasteiger partial charge in [0.2, 0.25) is 10.0 Å². The molecule has 0 amide bonds. The maximum absolute atomic E-state index is 11.1. The van der Waals surface area contributed by atoms with Gasteiger partial charge in [0, 0.05) is 17.7 Å². The van der Waals surface area contributed by atoms with Crippen LogP contribution in [0, 0.1) is 0 Å². The average Bonchev–Trinajstić information content (AvgIpc) is 2.63. The zero-order chi connectivity index (χ0) is 12.3. The van der Waals surface area contributed by atoms with Crippen LogP contribution in [-0.4, -0.2) is 14.2 Å². The van der Waals surface area contributed by atoms with Crippen molar-refractivity contribution in [2.75, 3.05) is 0 Å². The summed E-state index contributed by atoms with van der Waals surface area (Å²) in [6.45, 7) is 6.00. The zero-order valence-corrected chi connectivity index (χ0v) is 10.4. The Hall–Kier alpha value is -0.980. The van der Waals surface area contributed by atoms with Crippen molar-refractivity contribution in [3.63, 3.8) is 0 Å². The Morgan fingerprint density at radius 1 is 1.31 bits per heavy atom. The van der Waals surface area contributed by atoms with Crippen LogP contribution in [0.5, 0.6) is 0 Å². The first kappa shape index (κ1) is 13.1. The van der Waals surface area contributed by atoms with E-state index in [0.29, 0.717) is 19.3 Å². The van der Waals surface area contributed by atoms with Gasteiger partial charge in [-0.1, -0.05) is 0 Å². The molecule has 0 saturated carbocycles. The standard InChI is InChI=1S/C8H9NO3S2.C2H4/c9-14(11,12)8-4-5-3-6(10)1-2-7(5)13-8;1-2/h4H,1-3H2,(H2,9,11,12);1-2H2. The molecule has 88 valence electrons. The molecule has 2 N–H and O–H groups in total. The van der Waals surface area contributed by atoms with Crippen molar-refractivity contribution in [2.24, 2.45) is 5.14 Å². The molecule has 0 aliphatic heterocycles. The number of primary sulfonamides is 1. The van der Waals surface area contributed by atoms with Crippen molar-refractivity contribution >= 4 is 27.1 Å². The lowest BCUT2D eigenvalue weighted by Crippen LogP contribution is -2.11. The lowest BCUT2D eigenvalue weighted by atomic mass is 9.98. The largest absolute Gasteiger partial charge is 0.299 e. The van der Waals surface area contributed by atoms with Crippen LogP contribution in [0.3, 0.4) is 0 Å². The Morgan fingerprint density at radius 3 is 2.50 bits per heavy atom. The second-order valence-corrected chi connectivity index (χ2v) is 6.20. The highest BCUT2D eigenvalue weighted by Gasteiger charge is 2.21. The summed E-state index contributed by atoms with van der Waals surface area (Å²) in [5, 5.41) is 5.00. The SMILES string of the molecule is C=C.NS(=O)(=O)c1cc2c(s1)CCC(=O)C2. The maximum Gasteiger partial charge on any atom is 0.247 e. The highest BCUT2D eigenvalue weighted by molar-refractivity contribution is 7.91. The number of ketones is 1. The number of thiophene rings is 1. The van der Waals surface area contributed by atoms with Crippen molar-refractivity contribution in [1.29, 1.82) is 0 Å². The fourth-order valence-corrected chi connectivity index (χ4v) is 3.48. The summed E-state index contributed by atoms with van der Waals surface area (Å²) in [7, 11) is -3.61. The average molecular weight is 259 g/mol. The first-order valence-electron chi connectivity index (χ1n) is 4.63. The Morgan fingerprint density at radius 2 is 1.94 bits per heavy atom. The minimum Gasteiger partial charge on any atom is -0.299 e. The molecule has 1 aromatic rings. The van der Waals surface area contributed by atoms with E-state index in [0.717, 1.165) is 10.4 Å². The highest BCUT2D eigenvalue weighted by atomic mass is 32.2. The molecule has 6 heteroatoms. The van der Waals surface area contributed by atoms with E-state index >= 15 is 0 Å². The van der Waals surface area contributed by atoms with E-state index in [9.17, 15) is 13.2 Å². The van der Waals surface area contributed by atoms with Crippen LogP contribution in [0.2, 0.25) is 0 Å². The Balaban J connectivity index is 0.000000606. The third-order valence-electron chi connectivity index (χ3n) is 2.17. The van der Waals surface area contributed by atoms with Crippen LogP contribution in [0.1, 0.15) is 16.9 Å². The van der Waals surface area contributed by atoms with Gasteiger partial charge in [-0.15, -0.1) is 24.5 Å². The summed E-state index contributed by atoms with van der Waals surface area (Å²) in [5.41, 5.74) is 0.829. The topological polar surface area (TPSA) is 77.2 Å². The van der Waals surface area contributed by atoms with Gasteiger partial charge in [-0.25, -0.2) is 13.6 Å². The van der Waals surface area contributed by atoms with Crippen molar-refractivity contribution < 1.29 is 13.2 Å². The van der Waals surface area contributed by atoms with Gasteiger partial charge in [0.25, 0.3) is 0 Å². The smallest absolute Gasteiger partial charge is 0.247 e. The molecule has 1 aliphatic rings. The zero-order valence-electron chi connectivity index (χ0n) is 8.73. The van der Waals surface area contributed by atoms with Crippen molar-refractivity contribution in [1.82, 2.24) is 0 Å². The van der Waals surface area contributed by atoms with Crippen LogP contribution in [0.15, 0.2) is 23.4 Å². The molecule has 0 spiro atoms. The molecule has 0 bridgehead atoms. The van der Waals surface area contributed by atoms with Gasteiger partial charge < -0.3 is 0 Å². The highest BCUT2D eigenvalue weighted by Crippen LogP contribution is 2.30. The van der Waals surface area contributed by atoms with E-state index in [1.165, 1.54) is 17.4 Å². The molecule has 0 saturated heterocycles. The number of rotatable bonds is 1. The minimum atomic E-state index is -3.61. The van der Waals surface area contributed by atoms with E-state index in [4.69, 9.17) is 5.14 Å². The number of aryl methyl sites for hydroxylation is 1. The number of sulfonamides is 1. The van der Waals surface area contributed by atoms with E-state index in [2.05, 4.69) is 13.2 Å². The van der Waals surface area contributed by atoms with Gasteiger partial charge in [-0.2, -0.15) is 0 Å². The van der Waals surface area contributed by atoms with Crippen LogP contribution in [0.25, 0.3) is 0 Å². The molecule has 16 heavy (non-hydrogen) atoms. The summed E-state index contributed by atoms with van der Waals surface area (Å²) in [6, 6.07) is 1.52. The number of Topliss-reactive ketones (excluding diaryl/α,β-unsaturated/α-hetero) is 1. The second kappa shape index (κ2) is 4.90. The Bertz CT molecular complexity index is 502. The summed E-state index contributed by atoms with van der Waals surface area (Å²) in [4.78, 5) is 12.1.